The number of benzene rings is 5. The van der Waals surface area contributed by atoms with Crippen LogP contribution in [0.25, 0.3) is 43.1 Å². The Labute approximate surface area is 352 Å². The van der Waals surface area contributed by atoms with Crippen molar-refractivity contribution >= 4 is 87.7 Å². The molecule has 0 bridgehead atoms. The van der Waals surface area contributed by atoms with Gasteiger partial charge in [0, 0.05) is 53.2 Å². The van der Waals surface area contributed by atoms with E-state index in [1.807, 2.05) is 6.07 Å². The molecular weight excluding hydrogens is 841 g/mol. The van der Waals surface area contributed by atoms with Crippen LogP contribution in [-0.2, 0) is 48.7 Å². The third-order valence-corrected chi connectivity index (χ3v) is 11.0. The molecule has 0 unspecified atom stereocenters. The third kappa shape index (κ3) is 12.9. The lowest BCUT2D eigenvalue weighted by molar-refractivity contribution is 0.0139. The minimum atomic E-state index is -4.08. The number of ether oxygens (including phenoxy) is 6. The first-order chi connectivity index (χ1) is 29.3. The van der Waals surface area contributed by atoms with Crippen LogP contribution in [0.3, 0.4) is 0 Å². The normalized spacial score (nSPS) is 12.2. The predicted octanol–water partition coefficient (Wildman–Crippen LogP) is 3.04. The Morgan fingerprint density at radius 1 is 0.541 bits per heavy atom. The summed E-state index contributed by atoms with van der Waals surface area (Å²) in [6.07, 6.45) is 1.41. The van der Waals surface area contributed by atoms with Gasteiger partial charge in [-0.2, -0.15) is 16.8 Å². The zero-order valence-electron chi connectivity index (χ0n) is 33.5. The Balaban J connectivity index is 1.24. The molecule has 0 radical (unpaired) electrons. The highest BCUT2D eigenvalue weighted by atomic mass is 32.2. The minimum Gasteiger partial charge on any atom is -0.378 e. The van der Waals surface area contributed by atoms with Crippen molar-refractivity contribution in [2.75, 3.05) is 111 Å². The Hall–Kier alpha value is -4.74. The van der Waals surface area contributed by atoms with Gasteiger partial charge in [-0.1, -0.05) is 36.4 Å². The number of nitrogens with one attached hydrogen (secondary N) is 1. The SMILES string of the molecule is CN(CCOCCOCCOCCS(=O)(=O)O)C(=O)c1ccc2c3ccc(C(=O)NCCOCCOCCOCCS(=O)(=O)O)c4c(C=O)ccc(c5ccc(C=O)c1c52)c43. The fourth-order valence-electron chi connectivity index (χ4n) is 6.76. The number of rotatable bonds is 28. The second-order valence-corrected chi connectivity index (χ2v) is 16.8. The molecule has 0 saturated heterocycles. The number of aldehydes is 2. The van der Waals surface area contributed by atoms with Crippen molar-refractivity contribution in [3.63, 3.8) is 0 Å². The van der Waals surface area contributed by atoms with Gasteiger partial charge < -0.3 is 38.6 Å². The maximum atomic E-state index is 13.9. The van der Waals surface area contributed by atoms with Crippen LogP contribution in [-0.4, -0.2) is 166 Å². The maximum Gasteiger partial charge on any atom is 0.267 e. The van der Waals surface area contributed by atoms with E-state index in [1.165, 1.54) is 4.90 Å². The van der Waals surface area contributed by atoms with E-state index < -0.39 is 37.6 Å². The van der Waals surface area contributed by atoms with Crippen molar-refractivity contribution in [2.24, 2.45) is 0 Å². The fourth-order valence-corrected chi connectivity index (χ4v) is 7.42. The highest BCUT2D eigenvalue weighted by Crippen LogP contribution is 2.43. The Bertz CT molecular complexity index is 2530. The monoisotopic (exact) mass is 888 g/mol. The molecule has 61 heavy (non-hydrogen) atoms. The van der Waals surface area contributed by atoms with Crippen LogP contribution in [0.5, 0.6) is 0 Å². The summed E-state index contributed by atoms with van der Waals surface area (Å²) in [5.74, 6) is -1.73. The number of hydrogen-bond donors (Lipinski definition) is 3. The van der Waals surface area contributed by atoms with Crippen molar-refractivity contribution in [3.8, 4) is 0 Å². The first-order valence-corrected chi connectivity index (χ1v) is 22.5. The summed E-state index contributed by atoms with van der Waals surface area (Å²) >= 11 is 0. The summed E-state index contributed by atoms with van der Waals surface area (Å²) in [4.78, 5) is 53.9. The first kappa shape index (κ1) is 47.3. The Morgan fingerprint density at radius 3 is 1.36 bits per heavy atom. The number of nitrogens with zero attached hydrogens (tertiary/aromatic N) is 1. The molecule has 330 valence electrons. The number of hydrogen-bond acceptors (Lipinski definition) is 14. The van der Waals surface area contributed by atoms with E-state index >= 15 is 0 Å². The molecule has 0 aliphatic rings. The Kier molecular flexibility index (Phi) is 17.4. The van der Waals surface area contributed by atoms with Crippen molar-refractivity contribution in [2.45, 2.75) is 0 Å². The molecule has 0 atom stereocenters. The average Bonchev–Trinajstić information content (AvgIpc) is 3.23. The molecule has 0 fully saturated rings. The summed E-state index contributed by atoms with van der Waals surface area (Å²) in [7, 11) is -6.53. The molecule has 5 rings (SSSR count). The van der Waals surface area contributed by atoms with Crippen molar-refractivity contribution < 1.29 is 73.5 Å². The van der Waals surface area contributed by atoms with Gasteiger partial charge in [-0.25, -0.2) is 0 Å². The van der Waals surface area contributed by atoms with Gasteiger partial charge in [-0.3, -0.25) is 28.3 Å². The maximum absolute atomic E-state index is 13.9. The lowest BCUT2D eigenvalue weighted by Crippen LogP contribution is -2.30. The second kappa shape index (κ2) is 22.4. The lowest BCUT2D eigenvalue weighted by atomic mass is 9.84. The molecule has 5 aromatic rings. The highest BCUT2D eigenvalue weighted by molar-refractivity contribution is 7.86. The van der Waals surface area contributed by atoms with Crippen LogP contribution in [0.15, 0.2) is 48.5 Å². The standard InChI is InChI=1S/C41H48N2O16S2/c1-43(11-13-55-15-17-57-19-21-59-23-25-61(51,52)53)41(47)35-9-7-33-32-6-8-34(40(46)42-10-12-54-14-16-56-18-20-58-22-24-60(48,49)50)36-28(26-44)2-4-30(38(32)36)31-5-3-29(27-45)37(35)39(31)33/h2-9,26-27H,10-25H2,1H3,(H,42,46)(H,48,49,50)(H,51,52,53). The van der Waals surface area contributed by atoms with E-state index in [0.29, 0.717) is 50.8 Å². The molecule has 0 aromatic heterocycles. The van der Waals surface area contributed by atoms with Crippen molar-refractivity contribution in [3.05, 3.63) is 70.8 Å². The summed E-state index contributed by atoms with van der Waals surface area (Å²) in [5, 5.41) is 8.07. The molecule has 0 spiro atoms. The summed E-state index contributed by atoms with van der Waals surface area (Å²) in [6, 6.07) is 13.8. The molecule has 0 heterocycles. The highest BCUT2D eigenvalue weighted by Gasteiger charge is 2.24. The van der Waals surface area contributed by atoms with Crippen molar-refractivity contribution in [1.29, 1.82) is 0 Å². The van der Waals surface area contributed by atoms with E-state index in [-0.39, 0.29) is 104 Å². The average molecular weight is 889 g/mol. The molecule has 5 aromatic carbocycles. The van der Waals surface area contributed by atoms with Crippen LogP contribution in [0.4, 0.5) is 0 Å². The van der Waals surface area contributed by atoms with Crippen LogP contribution in [0.1, 0.15) is 41.4 Å². The molecular formula is C41H48N2O16S2. The smallest absolute Gasteiger partial charge is 0.267 e. The minimum absolute atomic E-state index is 0.146. The quantitative estimate of drug-likeness (QED) is 0.0215. The number of fused-ring (bicyclic) bond motifs is 2. The second-order valence-electron chi connectivity index (χ2n) is 13.7. The number of carbonyl (C=O) groups is 4. The van der Waals surface area contributed by atoms with E-state index in [0.717, 1.165) is 21.5 Å². The van der Waals surface area contributed by atoms with Gasteiger partial charge in [0.05, 0.1) is 90.8 Å². The van der Waals surface area contributed by atoms with Gasteiger partial charge in [0.1, 0.15) is 0 Å². The largest absolute Gasteiger partial charge is 0.378 e. The van der Waals surface area contributed by atoms with Crippen LogP contribution >= 0.6 is 0 Å². The molecule has 18 nitrogen and oxygen atoms in total. The van der Waals surface area contributed by atoms with E-state index in [4.69, 9.17) is 37.5 Å². The zero-order chi connectivity index (χ0) is 44.0. The van der Waals surface area contributed by atoms with E-state index in [9.17, 15) is 36.0 Å². The Morgan fingerprint density at radius 2 is 0.918 bits per heavy atom. The van der Waals surface area contributed by atoms with Crippen molar-refractivity contribution in [1.82, 2.24) is 10.2 Å². The van der Waals surface area contributed by atoms with Gasteiger partial charge in [0.25, 0.3) is 32.1 Å². The predicted molar refractivity (Wildman–Crippen MR) is 225 cm³/mol. The third-order valence-electron chi connectivity index (χ3n) is 9.60. The van der Waals surface area contributed by atoms with Crippen LogP contribution < -0.4 is 5.32 Å². The molecule has 3 N–H and O–H groups in total. The molecule has 0 aliphatic carbocycles. The molecule has 20 heteroatoms. The van der Waals surface area contributed by atoms with Gasteiger partial charge in [0.2, 0.25) is 0 Å². The van der Waals surface area contributed by atoms with Crippen LogP contribution in [0, 0.1) is 0 Å². The van der Waals surface area contributed by atoms with Gasteiger partial charge in [-0.05, 0) is 44.5 Å². The molecule has 0 saturated carbocycles. The first-order valence-electron chi connectivity index (χ1n) is 19.3. The molecule has 0 aliphatic heterocycles. The van der Waals surface area contributed by atoms with Gasteiger partial charge in [0.15, 0.2) is 12.6 Å². The number of carbonyl (C=O) groups excluding carboxylic acids is 4. The van der Waals surface area contributed by atoms with Gasteiger partial charge in [-0.15, -0.1) is 0 Å². The number of amides is 2. The fraction of sp³-hybridized carbons (Fsp3) is 0.415. The van der Waals surface area contributed by atoms with Crippen LogP contribution in [0.2, 0.25) is 0 Å². The summed E-state index contributed by atoms with van der Waals surface area (Å²) in [5.41, 5.74) is 1.24. The van der Waals surface area contributed by atoms with E-state index in [1.54, 1.807) is 49.5 Å². The topological polar surface area (TPSA) is 248 Å². The number of likely N-dealkylation sites (N-methyl/N-ethyl adjacent to an activating group) is 1. The molecule has 2 amide bonds. The summed E-state index contributed by atoms with van der Waals surface area (Å²) in [6.45, 7) is 2.14. The van der Waals surface area contributed by atoms with Gasteiger partial charge >= 0.3 is 0 Å². The zero-order valence-corrected chi connectivity index (χ0v) is 35.1. The lowest BCUT2D eigenvalue weighted by Gasteiger charge is -2.22. The van der Waals surface area contributed by atoms with E-state index in [2.05, 4.69) is 5.32 Å². The summed E-state index contributed by atoms with van der Waals surface area (Å²) < 4.78 is 92.3.